The molecule has 0 spiro atoms. The van der Waals surface area contributed by atoms with E-state index in [4.69, 9.17) is 9.52 Å². The van der Waals surface area contributed by atoms with Gasteiger partial charge in [0.15, 0.2) is 5.52 Å². The van der Waals surface area contributed by atoms with Crippen LogP contribution in [0.25, 0.3) is 11.1 Å². The molecule has 0 amide bonds. The summed E-state index contributed by atoms with van der Waals surface area (Å²) in [5.74, 6) is -0.214. The van der Waals surface area contributed by atoms with Crippen molar-refractivity contribution in [3.05, 3.63) is 17.6 Å². The second kappa shape index (κ2) is 3.42. The van der Waals surface area contributed by atoms with Crippen molar-refractivity contribution in [2.45, 2.75) is 20.3 Å². The maximum atomic E-state index is 10.7. The van der Waals surface area contributed by atoms with Gasteiger partial charge >= 0.3 is 5.97 Å². The average Bonchev–Trinajstić information content (AvgIpc) is 2.60. The first-order valence-corrected chi connectivity index (χ1v) is 4.69. The highest BCUT2D eigenvalue weighted by atomic mass is 16.5. The van der Waals surface area contributed by atoms with E-state index in [1.54, 1.807) is 6.07 Å². The summed E-state index contributed by atoms with van der Waals surface area (Å²) in [4.78, 5) is 10.7. The van der Waals surface area contributed by atoms with Gasteiger partial charge in [0, 0.05) is 12.5 Å². The van der Waals surface area contributed by atoms with Crippen LogP contribution < -0.4 is 0 Å². The fourth-order valence-corrected chi connectivity index (χ4v) is 1.44. The van der Waals surface area contributed by atoms with Gasteiger partial charge in [0.1, 0.15) is 5.76 Å². The molecule has 2 aromatic rings. The van der Waals surface area contributed by atoms with Gasteiger partial charge in [0.25, 0.3) is 5.76 Å². The fraction of sp³-hybridized carbons (Fsp3) is 0.400. The Morgan fingerprint density at radius 1 is 1.60 bits per heavy atom. The SMILES string of the molecule is CC(C)Cc1cc2noc(C(=O)O)c2o1. The van der Waals surface area contributed by atoms with E-state index in [-0.39, 0.29) is 11.3 Å². The van der Waals surface area contributed by atoms with E-state index in [1.165, 1.54) is 0 Å². The molecule has 15 heavy (non-hydrogen) atoms. The van der Waals surface area contributed by atoms with Gasteiger partial charge in [-0.3, -0.25) is 0 Å². The summed E-state index contributed by atoms with van der Waals surface area (Å²) in [6.07, 6.45) is 0.759. The minimum absolute atomic E-state index is 0.221. The Bertz CT molecular complexity index is 494. The van der Waals surface area contributed by atoms with E-state index in [2.05, 4.69) is 23.5 Å². The van der Waals surface area contributed by atoms with Crippen LogP contribution in [0.5, 0.6) is 0 Å². The molecule has 80 valence electrons. The van der Waals surface area contributed by atoms with E-state index in [9.17, 15) is 4.79 Å². The molecular formula is C10H11NO4. The van der Waals surface area contributed by atoms with Crippen LogP contribution in [0.2, 0.25) is 0 Å². The van der Waals surface area contributed by atoms with E-state index in [0.29, 0.717) is 11.4 Å². The predicted molar refractivity (Wildman–Crippen MR) is 51.8 cm³/mol. The third-order valence-electron chi connectivity index (χ3n) is 2.01. The number of aromatic carboxylic acids is 1. The zero-order chi connectivity index (χ0) is 11.0. The van der Waals surface area contributed by atoms with Crippen molar-refractivity contribution >= 4 is 17.1 Å². The number of hydrogen-bond acceptors (Lipinski definition) is 4. The maximum absolute atomic E-state index is 10.7. The second-order valence-electron chi connectivity index (χ2n) is 3.84. The van der Waals surface area contributed by atoms with Crippen LogP contribution in [0.4, 0.5) is 0 Å². The Balaban J connectivity index is 2.43. The molecule has 0 saturated carbocycles. The average molecular weight is 209 g/mol. The lowest BCUT2D eigenvalue weighted by atomic mass is 10.1. The van der Waals surface area contributed by atoms with Crippen molar-refractivity contribution in [2.24, 2.45) is 5.92 Å². The molecule has 0 atom stereocenters. The summed E-state index contributed by atoms with van der Waals surface area (Å²) >= 11 is 0. The number of hydrogen-bond donors (Lipinski definition) is 1. The molecule has 5 nitrogen and oxygen atoms in total. The Morgan fingerprint density at radius 2 is 2.33 bits per heavy atom. The molecule has 0 aliphatic heterocycles. The van der Waals surface area contributed by atoms with Gasteiger partial charge in [-0.1, -0.05) is 19.0 Å². The normalized spacial score (nSPS) is 11.4. The van der Waals surface area contributed by atoms with Crippen LogP contribution >= 0.6 is 0 Å². The van der Waals surface area contributed by atoms with Crippen LogP contribution in [0.15, 0.2) is 15.0 Å². The first kappa shape index (κ1) is 9.76. The molecule has 0 bridgehead atoms. The molecule has 1 N–H and O–H groups in total. The van der Waals surface area contributed by atoms with Gasteiger partial charge in [-0.15, -0.1) is 0 Å². The molecule has 0 radical (unpaired) electrons. The summed E-state index contributed by atoms with van der Waals surface area (Å²) in [7, 11) is 0. The molecule has 0 unspecified atom stereocenters. The van der Waals surface area contributed by atoms with E-state index >= 15 is 0 Å². The van der Waals surface area contributed by atoms with Crippen LogP contribution in [-0.2, 0) is 6.42 Å². The van der Waals surface area contributed by atoms with Crippen molar-refractivity contribution in [3.8, 4) is 0 Å². The number of furan rings is 1. The lowest BCUT2D eigenvalue weighted by Gasteiger charge is -1.98. The minimum atomic E-state index is -1.16. The van der Waals surface area contributed by atoms with Crippen molar-refractivity contribution in [2.75, 3.05) is 0 Å². The van der Waals surface area contributed by atoms with E-state index in [1.807, 2.05) is 0 Å². The van der Waals surface area contributed by atoms with Gasteiger partial charge in [-0.2, -0.15) is 0 Å². The van der Waals surface area contributed by atoms with Gasteiger partial charge in [0.05, 0.1) is 0 Å². The number of carbonyl (C=O) groups is 1. The Labute approximate surface area is 85.7 Å². The molecule has 2 heterocycles. The third-order valence-corrected chi connectivity index (χ3v) is 2.01. The lowest BCUT2D eigenvalue weighted by Crippen LogP contribution is -1.93. The number of fused-ring (bicyclic) bond motifs is 1. The molecule has 5 heteroatoms. The van der Waals surface area contributed by atoms with Crippen molar-refractivity contribution in [1.82, 2.24) is 5.16 Å². The molecule has 0 saturated heterocycles. The molecule has 2 aromatic heterocycles. The topological polar surface area (TPSA) is 76.5 Å². The standard InChI is InChI=1S/C10H11NO4/c1-5(2)3-6-4-7-8(14-6)9(10(12)13)15-11-7/h4-5H,3H2,1-2H3,(H,12,13). The summed E-state index contributed by atoms with van der Waals surface area (Å²) in [5, 5.41) is 12.4. The van der Waals surface area contributed by atoms with Gasteiger partial charge in [-0.05, 0) is 5.92 Å². The second-order valence-corrected chi connectivity index (χ2v) is 3.84. The number of carboxylic acids is 1. The Hall–Kier alpha value is -1.78. The molecule has 0 aliphatic carbocycles. The summed E-state index contributed by atoms with van der Waals surface area (Å²) in [6.45, 7) is 4.12. The highest BCUT2D eigenvalue weighted by Crippen LogP contribution is 2.24. The van der Waals surface area contributed by atoms with E-state index < -0.39 is 5.97 Å². The van der Waals surface area contributed by atoms with Gasteiger partial charge in [-0.25, -0.2) is 4.79 Å². The van der Waals surface area contributed by atoms with Crippen molar-refractivity contribution < 1.29 is 18.8 Å². The number of aromatic nitrogens is 1. The first-order chi connectivity index (χ1) is 7.08. The predicted octanol–water partition coefficient (Wildman–Crippen LogP) is 2.32. The molecule has 0 fully saturated rings. The van der Waals surface area contributed by atoms with Crippen LogP contribution in [0.3, 0.4) is 0 Å². The van der Waals surface area contributed by atoms with Crippen LogP contribution in [-0.4, -0.2) is 16.2 Å². The van der Waals surface area contributed by atoms with E-state index in [0.717, 1.165) is 12.2 Å². The van der Waals surface area contributed by atoms with Gasteiger partial charge < -0.3 is 14.0 Å². The number of rotatable bonds is 3. The zero-order valence-corrected chi connectivity index (χ0v) is 8.48. The van der Waals surface area contributed by atoms with Gasteiger partial charge in [0.2, 0.25) is 5.58 Å². The minimum Gasteiger partial charge on any atom is -0.475 e. The highest BCUT2D eigenvalue weighted by Gasteiger charge is 2.20. The van der Waals surface area contributed by atoms with Crippen LogP contribution in [0, 0.1) is 5.92 Å². The zero-order valence-electron chi connectivity index (χ0n) is 8.48. The number of nitrogens with zero attached hydrogens (tertiary/aromatic N) is 1. The molecule has 0 aliphatic rings. The summed E-state index contributed by atoms with van der Waals surface area (Å²) in [6, 6.07) is 1.71. The smallest absolute Gasteiger partial charge is 0.378 e. The Morgan fingerprint density at radius 3 is 2.93 bits per heavy atom. The molecular weight excluding hydrogens is 198 g/mol. The Kier molecular flexibility index (Phi) is 2.22. The van der Waals surface area contributed by atoms with Crippen molar-refractivity contribution in [1.29, 1.82) is 0 Å². The summed E-state index contributed by atoms with van der Waals surface area (Å²) in [5.41, 5.74) is 0.682. The third kappa shape index (κ3) is 1.72. The maximum Gasteiger partial charge on any atom is 0.378 e. The number of carboxylic acid groups (broad SMARTS) is 1. The first-order valence-electron chi connectivity index (χ1n) is 4.69. The summed E-state index contributed by atoms with van der Waals surface area (Å²) < 4.78 is 10.0. The fourth-order valence-electron chi connectivity index (χ4n) is 1.44. The quantitative estimate of drug-likeness (QED) is 0.839. The molecule has 0 aromatic carbocycles. The molecule has 2 rings (SSSR count). The monoisotopic (exact) mass is 209 g/mol. The lowest BCUT2D eigenvalue weighted by molar-refractivity contribution is 0.0653. The van der Waals surface area contributed by atoms with Crippen LogP contribution in [0.1, 0.15) is 30.2 Å². The highest BCUT2D eigenvalue weighted by molar-refractivity contribution is 5.97. The van der Waals surface area contributed by atoms with Crippen molar-refractivity contribution in [3.63, 3.8) is 0 Å². The largest absolute Gasteiger partial charge is 0.475 e.